The summed E-state index contributed by atoms with van der Waals surface area (Å²) in [5, 5.41) is 18.9. The molecule has 3 aromatic rings. The monoisotopic (exact) mass is 459 g/mol. The van der Waals surface area contributed by atoms with Crippen LogP contribution in [0.4, 0.5) is 13.2 Å². The van der Waals surface area contributed by atoms with Crippen molar-refractivity contribution in [1.82, 2.24) is 19.9 Å². The van der Waals surface area contributed by atoms with Crippen LogP contribution in [-0.2, 0) is 17.5 Å². The van der Waals surface area contributed by atoms with Crippen molar-refractivity contribution in [1.29, 1.82) is 0 Å². The van der Waals surface area contributed by atoms with Crippen molar-refractivity contribution in [3.8, 4) is 22.7 Å². The fourth-order valence-corrected chi connectivity index (χ4v) is 3.65. The first-order valence-corrected chi connectivity index (χ1v) is 10.4. The Morgan fingerprint density at radius 2 is 1.88 bits per heavy atom. The average Bonchev–Trinajstić information content (AvgIpc) is 3.20. The third-order valence-corrected chi connectivity index (χ3v) is 5.33. The van der Waals surface area contributed by atoms with Gasteiger partial charge >= 0.3 is 6.18 Å². The summed E-state index contributed by atoms with van der Waals surface area (Å²) in [6.45, 7) is 4.89. The minimum Gasteiger partial charge on any atom is -0.550 e. The van der Waals surface area contributed by atoms with Crippen LogP contribution in [0.1, 0.15) is 25.0 Å². The van der Waals surface area contributed by atoms with Crippen molar-refractivity contribution in [3.63, 3.8) is 0 Å². The van der Waals surface area contributed by atoms with Gasteiger partial charge in [-0.2, -0.15) is 13.2 Å². The van der Waals surface area contributed by atoms with Crippen molar-refractivity contribution in [2.75, 3.05) is 13.1 Å². The lowest BCUT2D eigenvalue weighted by Crippen LogP contribution is -2.53. The van der Waals surface area contributed by atoms with Crippen molar-refractivity contribution in [2.24, 2.45) is 5.92 Å². The van der Waals surface area contributed by atoms with Gasteiger partial charge in [0.25, 0.3) is 0 Å². The zero-order valence-electron chi connectivity index (χ0n) is 18.0. The minimum absolute atomic E-state index is 0.225. The van der Waals surface area contributed by atoms with Crippen LogP contribution in [0.25, 0.3) is 16.9 Å². The van der Waals surface area contributed by atoms with Gasteiger partial charge in [0.15, 0.2) is 0 Å². The number of halogens is 3. The molecule has 0 aliphatic carbocycles. The van der Waals surface area contributed by atoms with Crippen LogP contribution in [0.15, 0.2) is 48.7 Å². The summed E-state index contributed by atoms with van der Waals surface area (Å²) in [5.41, 5.74) is 1.42. The van der Waals surface area contributed by atoms with Crippen molar-refractivity contribution >= 4 is 5.97 Å². The van der Waals surface area contributed by atoms with Gasteiger partial charge in [-0.25, -0.2) is 4.68 Å². The number of likely N-dealkylation sites (tertiary alicyclic amines) is 1. The average molecular weight is 459 g/mol. The summed E-state index contributed by atoms with van der Waals surface area (Å²) in [4.78, 5) is 12.8. The van der Waals surface area contributed by atoms with Crippen molar-refractivity contribution in [2.45, 2.75) is 32.7 Å². The molecule has 7 nitrogen and oxygen atoms in total. The predicted octanol–water partition coefficient (Wildman–Crippen LogP) is 2.92. The van der Waals surface area contributed by atoms with E-state index in [1.165, 1.54) is 16.8 Å². The van der Waals surface area contributed by atoms with Crippen molar-refractivity contribution < 1.29 is 27.8 Å². The smallest absolute Gasteiger partial charge is 0.419 e. The van der Waals surface area contributed by atoms with Crippen LogP contribution in [0.2, 0.25) is 0 Å². The summed E-state index contributed by atoms with van der Waals surface area (Å²) in [5.74, 6) is -1.66. The zero-order chi connectivity index (χ0) is 23.8. The van der Waals surface area contributed by atoms with Crippen molar-refractivity contribution in [3.05, 3.63) is 59.8 Å². The number of carbonyl (C=O) groups excluding carboxylic acids is 1. The van der Waals surface area contributed by atoms with Crippen LogP contribution in [0.3, 0.4) is 0 Å². The van der Waals surface area contributed by atoms with E-state index in [0.717, 1.165) is 11.6 Å². The molecular formula is C23H22F3N4O3-. The molecule has 10 heteroatoms. The van der Waals surface area contributed by atoms with Crippen LogP contribution in [0.5, 0.6) is 5.75 Å². The number of hydrogen-bond acceptors (Lipinski definition) is 6. The fraction of sp³-hybridized carbons (Fsp3) is 0.348. The van der Waals surface area contributed by atoms with Crippen LogP contribution >= 0.6 is 0 Å². The predicted molar refractivity (Wildman–Crippen MR) is 111 cm³/mol. The molecule has 0 bridgehead atoms. The van der Waals surface area contributed by atoms with Gasteiger partial charge in [-0.1, -0.05) is 17.3 Å². The molecule has 1 aliphatic heterocycles. The van der Waals surface area contributed by atoms with E-state index in [9.17, 15) is 23.1 Å². The van der Waals surface area contributed by atoms with E-state index >= 15 is 0 Å². The van der Waals surface area contributed by atoms with Crippen LogP contribution in [-0.4, -0.2) is 45.1 Å². The number of benzene rings is 2. The van der Waals surface area contributed by atoms with E-state index in [0.29, 0.717) is 31.0 Å². The lowest BCUT2D eigenvalue weighted by molar-refractivity contribution is -0.315. The molecule has 0 unspecified atom stereocenters. The maximum absolute atomic E-state index is 13.5. The molecule has 0 N–H and O–H groups in total. The summed E-state index contributed by atoms with van der Waals surface area (Å²) in [6.07, 6.45) is -3.39. The number of aromatic nitrogens is 3. The lowest BCUT2D eigenvalue weighted by atomic mass is 9.99. The van der Waals surface area contributed by atoms with Gasteiger partial charge in [0.2, 0.25) is 0 Å². The SMILES string of the molecule is CC(C)Oc1ccc(-c2cn(-c3ccc(CN4CC(C(=O)[O-])C4)cc3)nn2)cc1C(F)(F)F. The van der Waals surface area contributed by atoms with Crippen LogP contribution < -0.4 is 9.84 Å². The Morgan fingerprint density at radius 1 is 1.18 bits per heavy atom. The van der Waals surface area contributed by atoms with E-state index in [1.807, 2.05) is 29.2 Å². The van der Waals surface area contributed by atoms with E-state index in [4.69, 9.17) is 4.74 Å². The molecule has 1 fully saturated rings. The number of carboxylic acid groups (broad SMARTS) is 1. The second kappa shape index (κ2) is 8.86. The number of nitrogens with zero attached hydrogens (tertiary/aromatic N) is 4. The maximum atomic E-state index is 13.5. The Hall–Kier alpha value is -3.40. The Bertz CT molecular complexity index is 1140. The summed E-state index contributed by atoms with van der Waals surface area (Å²) >= 11 is 0. The Labute approximate surface area is 188 Å². The number of ether oxygens (including phenoxy) is 1. The zero-order valence-corrected chi connectivity index (χ0v) is 18.0. The van der Waals surface area contributed by atoms with E-state index in [2.05, 4.69) is 10.3 Å². The molecule has 1 saturated heterocycles. The largest absolute Gasteiger partial charge is 0.550 e. The molecule has 33 heavy (non-hydrogen) atoms. The third kappa shape index (κ3) is 5.16. The normalized spacial score (nSPS) is 15.0. The second-order valence-corrected chi connectivity index (χ2v) is 8.30. The number of carboxylic acids is 1. The number of aliphatic carboxylic acids is 1. The van der Waals surface area contributed by atoms with E-state index in [-0.39, 0.29) is 11.3 Å². The second-order valence-electron chi connectivity index (χ2n) is 8.30. The summed E-state index contributed by atoms with van der Waals surface area (Å²) < 4.78 is 47.4. The molecule has 0 amide bonds. The molecule has 0 spiro atoms. The molecule has 174 valence electrons. The first kappa shape index (κ1) is 22.8. The fourth-order valence-electron chi connectivity index (χ4n) is 3.65. The van der Waals surface area contributed by atoms with Gasteiger partial charge in [-0.05, 0) is 49.7 Å². The number of carbonyl (C=O) groups is 1. The first-order valence-electron chi connectivity index (χ1n) is 10.4. The molecule has 1 aliphatic rings. The molecule has 0 radical (unpaired) electrons. The molecule has 2 heterocycles. The van der Waals surface area contributed by atoms with Gasteiger partial charge in [0.05, 0.1) is 23.6 Å². The van der Waals surface area contributed by atoms with E-state index < -0.39 is 29.7 Å². The van der Waals surface area contributed by atoms with Gasteiger partial charge in [-0.15, -0.1) is 5.10 Å². The standard InChI is InChI=1S/C23H23F3N4O3/c1-14(2)33-21-8-5-16(9-19(21)23(24,25)26)20-13-30(28-27-20)18-6-3-15(4-7-18)10-29-11-17(12-29)22(31)32/h3-9,13-14,17H,10-12H2,1-2H3,(H,31,32)/p-1. The lowest BCUT2D eigenvalue weighted by Gasteiger charge is -2.39. The molecular weight excluding hydrogens is 437 g/mol. The van der Waals surface area contributed by atoms with Gasteiger partial charge < -0.3 is 14.6 Å². The van der Waals surface area contributed by atoms with Gasteiger partial charge in [-0.3, -0.25) is 4.90 Å². The highest BCUT2D eigenvalue weighted by atomic mass is 19.4. The maximum Gasteiger partial charge on any atom is 0.419 e. The minimum atomic E-state index is -4.57. The molecule has 4 rings (SSSR count). The highest BCUT2D eigenvalue weighted by Crippen LogP contribution is 2.39. The molecule has 2 aromatic carbocycles. The topological polar surface area (TPSA) is 83.3 Å². The quantitative estimate of drug-likeness (QED) is 0.540. The third-order valence-electron chi connectivity index (χ3n) is 5.33. The number of alkyl halides is 3. The highest BCUT2D eigenvalue weighted by molar-refractivity contribution is 5.69. The first-order chi connectivity index (χ1) is 15.6. The highest BCUT2D eigenvalue weighted by Gasteiger charge is 2.35. The Kier molecular flexibility index (Phi) is 6.11. The Morgan fingerprint density at radius 3 is 2.48 bits per heavy atom. The van der Waals surface area contributed by atoms with Gasteiger partial charge in [0, 0.05) is 37.1 Å². The number of rotatable bonds is 7. The Balaban J connectivity index is 1.49. The molecule has 0 saturated carbocycles. The summed E-state index contributed by atoms with van der Waals surface area (Å²) in [6, 6.07) is 11.3. The molecule has 0 atom stereocenters. The van der Waals surface area contributed by atoms with Crippen LogP contribution in [0, 0.1) is 5.92 Å². The molecule has 1 aromatic heterocycles. The van der Waals surface area contributed by atoms with Gasteiger partial charge in [0.1, 0.15) is 11.4 Å². The van der Waals surface area contributed by atoms with E-state index in [1.54, 1.807) is 20.0 Å². The summed E-state index contributed by atoms with van der Waals surface area (Å²) in [7, 11) is 0. The number of hydrogen-bond donors (Lipinski definition) is 0.